The molecule has 0 spiro atoms. The third-order valence-corrected chi connectivity index (χ3v) is 1.77. The largest absolute Gasteiger partial charge is 1.00 e. The fourth-order valence-electron chi connectivity index (χ4n) is 0.949. The zero-order valence-corrected chi connectivity index (χ0v) is 11.0. The number of halogens is 1. The summed E-state index contributed by atoms with van der Waals surface area (Å²) in [7, 11) is 0. The second-order valence-electron chi connectivity index (χ2n) is 2.57. The van der Waals surface area contributed by atoms with Crippen LogP contribution in [-0.4, -0.2) is 17.7 Å². The predicted octanol–water partition coefficient (Wildman–Crippen LogP) is -3.03. The number of hydrogen-bond donors (Lipinski definition) is 1. The Morgan fingerprint density at radius 1 is 1.53 bits per heavy atom. The van der Waals surface area contributed by atoms with E-state index >= 15 is 0 Å². The Labute approximate surface area is 114 Å². The number of carboxylic acid groups (broad SMARTS) is 1. The fourth-order valence-corrected chi connectivity index (χ4v) is 1.14. The molecule has 0 aliphatic heterocycles. The van der Waals surface area contributed by atoms with Gasteiger partial charge in [0.1, 0.15) is 12.4 Å². The Kier molecular flexibility index (Phi) is 6.96. The zero-order valence-electron chi connectivity index (χ0n) is 8.20. The Hall–Kier alpha value is -0.260. The maximum Gasteiger partial charge on any atom is 1.00 e. The molecule has 0 saturated carbocycles. The van der Waals surface area contributed by atoms with Gasteiger partial charge in [0.25, 0.3) is 0 Å². The third-order valence-electron chi connectivity index (χ3n) is 1.54. The normalized spacial score (nSPS) is 9.20. The van der Waals surface area contributed by atoms with E-state index < -0.39 is 12.6 Å². The Morgan fingerprint density at radius 3 is 2.73 bits per heavy atom. The van der Waals surface area contributed by atoms with Gasteiger partial charge in [-0.05, 0) is 18.2 Å². The summed E-state index contributed by atoms with van der Waals surface area (Å²) < 4.78 is 4.86. The molecule has 1 N–H and O–H groups in total. The van der Waals surface area contributed by atoms with E-state index in [1.807, 2.05) is 0 Å². The van der Waals surface area contributed by atoms with Crippen molar-refractivity contribution in [1.82, 2.24) is 0 Å². The Morgan fingerprint density at radius 2 is 2.20 bits per heavy atom. The first-order valence-corrected chi connectivity index (χ1v) is 4.23. The molecule has 0 heterocycles. The van der Waals surface area contributed by atoms with Crippen LogP contribution < -0.4 is 39.4 Å². The average Bonchev–Trinajstić information content (AvgIpc) is 2.15. The summed E-state index contributed by atoms with van der Waals surface area (Å²) in [5.74, 6) is -1.02. The van der Waals surface area contributed by atoms with Crippen molar-refractivity contribution in [3.63, 3.8) is 0 Å². The van der Waals surface area contributed by atoms with Gasteiger partial charge < -0.3 is 19.7 Å². The predicted molar refractivity (Wildman–Crippen MR) is 47.9 cm³/mol. The second kappa shape index (κ2) is 7.09. The van der Waals surface area contributed by atoms with Gasteiger partial charge >= 0.3 is 29.6 Å². The van der Waals surface area contributed by atoms with Gasteiger partial charge in [-0.2, -0.15) is 0 Å². The maximum absolute atomic E-state index is 10.1. The Bertz CT molecular complexity index is 343. The molecular formula is C9H8ClNaO4. The van der Waals surface area contributed by atoms with Crippen LogP contribution in [0, 0.1) is 0 Å². The van der Waals surface area contributed by atoms with Crippen LogP contribution in [0.5, 0.6) is 5.75 Å². The van der Waals surface area contributed by atoms with Crippen molar-refractivity contribution in [3.05, 3.63) is 28.8 Å². The minimum absolute atomic E-state index is 0. The van der Waals surface area contributed by atoms with Gasteiger partial charge in [-0.1, -0.05) is 11.6 Å². The summed E-state index contributed by atoms with van der Waals surface area (Å²) in [6, 6.07) is 4.55. The molecule has 0 radical (unpaired) electrons. The number of hydrogen-bond acceptors (Lipinski definition) is 4. The molecule has 0 aromatic heterocycles. The van der Waals surface area contributed by atoms with E-state index in [0.717, 1.165) is 0 Å². The molecule has 0 atom stereocenters. The van der Waals surface area contributed by atoms with Crippen LogP contribution in [0.3, 0.4) is 0 Å². The number of aliphatic hydroxyl groups excluding tert-OH is 1. The molecule has 76 valence electrons. The van der Waals surface area contributed by atoms with Gasteiger partial charge in [-0.3, -0.25) is 0 Å². The summed E-state index contributed by atoms with van der Waals surface area (Å²) >= 11 is 5.66. The monoisotopic (exact) mass is 238 g/mol. The molecule has 0 aliphatic rings. The summed E-state index contributed by atoms with van der Waals surface area (Å²) in [5.41, 5.74) is 0.443. The minimum atomic E-state index is -1.32. The summed E-state index contributed by atoms with van der Waals surface area (Å²) in [6.07, 6.45) is 0. The number of carboxylic acids is 1. The fraction of sp³-hybridized carbons (Fsp3) is 0.222. The van der Waals surface area contributed by atoms with Crippen LogP contribution in [0.2, 0.25) is 5.02 Å². The number of carbonyl (C=O) groups excluding carboxylic acids is 1. The van der Waals surface area contributed by atoms with Crippen LogP contribution >= 0.6 is 11.6 Å². The van der Waals surface area contributed by atoms with Crippen LogP contribution in [0.15, 0.2) is 18.2 Å². The van der Waals surface area contributed by atoms with Crippen molar-refractivity contribution in [2.45, 2.75) is 6.61 Å². The molecule has 15 heavy (non-hydrogen) atoms. The molecule has 0 bridgehead atoms. The molecule has 1 rings (SSSR count). The molecule has 0 aliphatic carbocycles. The number of aliphatic carboxylic acids is 1. The SMILES string of the molecule is O=C([O-])COc1ccc(Cl)cc1CO.[Na+]. The van der Waals surface area contributed by atoms with Crippen LogP contribution in [0.1, 0.15) is 5.56 Å². The summed E-state index contributed by atoms with van der Waals surface area (Å²) in [6.45, 7) is -0.808. The van der Waals surface area contributed by atoms with Crippen molar-refractivity contribution in [2.75, 3.05) is 6.61 Å². The number of benzene rings is 1. The molecule has 1 aromatic carbocycles. The Balaban J connectivity index is 0.00000196. The molecular weight excluding hydrogens is 231 g/mol. The third kappa shape index (κ3) is 4.86. The van der Waals surface area contributed by atoms with E-state index in [4.69, 9.17) is 21.4 Å². The van der Waals surface area contributed by atoms with Crippen molar-refractivity contribution in [3.8, 4) is 5.75 Å². The number of rotatable bonds is 4. The van der Waals surface area contributed by atoms with E-state index in [-0.39, 0.29) is 36.2 Å². The maximum atomic E-state index is 10.1. The van der Waals surface area contributed by atoms with Crippen molar-refractivity contribution < 1.29 is 49.3 Å². The van der Waals surface area contributed by atoms with Gasteiger partial charge in [0, 0.05) is 10.6 Å². The van der Waals surface area contributed by atoms with Crippen LogP contribution in [-0.2, 0) is 11.4 Å². The molecule has 6 heteroatoms. The number of aliphatic hydroxyl groups is 1. The topological polar surface area (TPSA) is 69.6 Å². The average molecular weight is 239 g/mol. The molecule has 4 nitrogen and oxygen atoms in total. The standard InChI is InChI=1S/C9H9ClO4.Na/c10-7-1-2-8(6(3-7)4-11)14-5-9(12)13;/h1-3,11H,4-5H2,(H,12,13);/q;+1/p-1. The number of ether oxygens (including phenoxy) is 1. The molecule has 0 saturated heterocycles. The van der Waals surface area contributed by atoms with Gasteiger partial charge in [-0.15, -0.1) is 0 Å². The first kappa shape index (κ1) is 14.7. The smallest absolute Gasteiger partial charge is 0.546 e. The van der Waals surface area contributed by atoms with Gasteiger partial charge in [0.15, 0.2) is 0 Å². The van der Waals surface area contributed by atoms with Crippen molar-refractivity contribution >= 4 is 17.6 Å². The number of carbonyl (C=O) groups is 1. The zero-order chi connectivity index (χ0) is 10.6. The van der Waals surface area contributed by atoms with Crippen LogP contribution in [0.4, 0.5) is 0 Å². The molecule has 0 amide bonds. The van der Waals surface area contributed by atoms with E-state index in [1.54, 1.807) is 6.07 Å². The quantitative estimate of drug-likeness (QED) is 0.567. The van der Waals surface area contributed by atoms with Crippen LogP contribution in [0.25, 0.3) is 0 Å². The van der Waals surface area contributed by atoms with Gasteiger partial charge in [0.05, 0.1) is 12.6 Å². The van der Waals surface area contributed by atoms with E-state index in [0.29, 0.717) is 16.3 Å². The molecule has 0 fully saturated rings. The van der Waals surface area contributed by atoms with Crippen molar-refractivity contribution in [1.29, 1.82) is 0 Å². The second-order valence-corrected chi connectivity index (χ2v) is 3.01. The van der Waals surface area contributed by atoms with Gasteiger partial charge in [-0.25, -0.2) is 0 Å². The van der Waals surface area contributed by atoms with E-state index in [1.165, 1.54) is 12.1 Å². The molecule has 0 unspecified atom stereocenters. The summed E-state index contributed by atoms with van der Waals surface area (Å²) in [5, 5.41) is 19.5. The van der Waals surface area contributed by atoms with Gasteiger partial charge in [0.2, 0.25) is 0 Å². The van der Waals surface area contributed by atoms with E-state index in [2.05, 4.69) is 0 Å². The molecule has 1 aromatic rings. The first-order chi connectivity index (χ1) is 6.63. The first-order valence-electron chi connectivity index (χ1n) is 3.85. The van der Waals surface area contributed by atoms with Crippen molar-refractivity contribution in [2.24, 2.45) is 0 Å². The van der Waals surface area contributed by atoms with E-state index in [9.17, 15) is 9.90 Å². The summed E-state index contributed by atoms with van der Waals surface area (Å²) in [4.78, 5) is 10.1. The minimum Gasteiger partial charge on any atom is -0.546 e.